The number of carbonyl (C=O) groups is 3. The van der Waals surface area contributed by atoms with E-state index in [0.717, 1.165) is 26.5 Å². The molecule has 0 saturated carbocycles. The second-order valence-electron chi connectivity index (χ2n) is 9.39. The van der Waals surface area contributed by atoms with Crippen molar-refractivity contribution in [3.05, 3.63) is 106 Å². The maximum Gasteiger partial charge on any atom is 0.343 e. The molecule has 0 aliphatic carbocycles. The van der Waals surface area contributed by atoms with E-state index in [2.05, 4.69) is 31.4 Å². The number of rotatable bonds is 9. The SMILES string of the molecule is COc1cc(C(=O)Oc2ccc(C=NNC(=O)c3[nH]c4ccc(Br)cc4c3-c3ccccc3)cc2OC)ccc1OC(C)=O. The van der Waals surface area contributed by atoms with Crippen LogP contribution >= 0.6 is 15.9 Å². The largest absolute Gasteiger partial charge is 0.493 e. The van der Waals surface area contributed by atoms with Crippen LogP contribution in [0.1, 0.15) is 33.3 Å². The van der Waals surface area contributed by atoms with Crippen LogP contribution in [-0.4, -0.2) is 43.3 Å². The number of nitrogens with zero attached hydrogens (tertiary/aromatic N) is 1. The van der Waals surface area contributed by atoms with E-state index >= 15 is 0 Å². The quantitative estimate of drug-likeness (QED) is 0.0800. The number of amides is 1. The van der Waals surface area contributed by atoms with Crippen LogP contribution in [0.2, 0.25) is 0 Å². The van der Waals surface area contributed by atoms with Crippen molar-refractivity contribution in [2.45, 2.75) is 6.92 Å². The molecule has 0 bridgehead atoms. The summed E-state index contributed by atoms with van der Waals surface area (Å²) in [6.45, 7) is 1.26. The van der Waals surface area contributed by atoms with E-state index in [1.165, 1.54) is 45.6 Å². The number of hydrogen-bond donors (Lipinski definition) is 2. The summed E-state index contributed by atoms with van der Waals surface area (Å²) in [7, 11) is 2.83. The lowest BCUT2D eigenvalue weighted by molar-refractivity contribution is -0.132. The molecule has 0 saturated heterocycles. The zero-order valence-corrected chi connectivity index (χ0v) is 25.4. The van der Waals surface area contributed by atoms with Gasteiger partial charge in [-0.2, -0.15) is 5.10 Å². The number of halogens is 1. The number of fused-ring (bicyclic) bond motifs is 1. The Kier molecular flexibility index (Phi) is 9.06. The van der Waals surface area contributed by atoms with E-state index in [1.807, 2.05) is 48.5 Å². The molecule has 10 nitrogen and oxygen atoms in total. The average molecular weight is 656 g/mol. The topological polar surface area (TPSA) is 128 Å². The van der Waals surface area contributed by atoms with Gasteiger partial charge in [-0.05, 0) is 65.7 Å². The second-order valence-corrected chi connectivity index (χ2v) is 10.3. The van der Waals surface area contributed by atoms with Crippen LogP contribution in [0.3, 0.4) is 0 Å². The number of hydrogen-bond acceptors (Lipinski definition) is 8. The van der Waals surface area contributed by atoms with Gasteiger partial charge >= 0.3 is 11.9 Å². The van der Waals surface area contributed by atoms with Gasteiger partial charge in [0.15, 0.2) is 23.0 Å². The highest BCUT2D eigenvalue weighted by molar-refractivity contribution is 9.10. The third kappa shape index (κ3) is 6.63. The predicted molar refractivity (Wildman–Crippen MR) is 169 cm³/mol. The zero-order valence-electron chi connectivity index (χ0n) is 23.8. The lowest BCUT2D eigenvalue weighted by Gasteiger charge is -2.12. The Balaban J connectivity index is 1.32. The normalized spacial score (nSPS) is 10.9. The first-order valence-corrected chi connectivity index (χ1v) is 14.0. The predicted octanol–water partition coefficient (Wildman–Crippen LogP) is 6.52. The third-order valence-corrected chi connectivity index (χ3v) is 6.97. The summed E-state index contributed by atoms with van der Waals surface area (Å²) in [5.41, 5.74) is 6.18. The molecule has 1 heterocycles. The molecule has 0 spiro atoms. The van der Waals surface area contributed by atoms with Gasteiger partial charge in [-0.3, -0.25) is 9.59 Å². The summed E-state index contributed by atoms with van der Waals surface area (Å²) >= 11 is 3.51. The van der Waals surface area contributed by atoms with Crippen molar-refractivity contribution in [1.82, 2.24) is 10.4 Å². The fourth-order valence-corrected chi connectivity index (χ4v) is 4.86. The van der Waals surface area contributed by atoms with Gasteiger partial charge in [0.05, 0.1) is 26.0 Å². The molecule has 4 aromatic carbocycles. The Morgan fingerprint density at radius 1 is 0.818 bits per heavy atom. The number of esters is 2. The van der Waals surface area contributed by atoms with Crippen molar-refractivity contribution in [3.63, 3.8) is 0 Å². The Hall–Kier alpha value is -5.42. The summed E-state index contributed by atoms with van der Waals surface area (Å²) < 4.78 is 22.2. The number of methoxy groups -OCH3 is 2. The number of hydrazone groups is 1. The number of ether oxygens (including phenoxy) is 4. The summed E-state index contributed by atoms with van der Waals surface area (Å²) in [6, 6.07) is 24.5. The third-order valence-electron chi connectivity index (χ3n) is 6.47. The van der Waals surface area contributed by atoms with Gasteiger partial charge in [0.2, 0.25) is 0 Å². The average Bonchev–Trinajstić information content (AvgIpc) is 3.40. The van der Waals surface area contributed by atoms with E-state index in [0.29, 0.717) is 11.3 Å². The van der Waals surface area contributed by atoms with E-state index in [4.69, 9.17) is 18.9 Å². The molecule has 5 aromatic rings. The zero-order chi connectivity index (χ0) is 31.2. The Labute approximate surface area is 260 Å². The van der Waals surface area contributed by atoms with Crippen molar-refractivity contribution in [2.24, 2.45) is 5.10 Å². The Morgan fingerprint density at radius 3 is 2.25 bits per heavy atom. The van der Waals surface area contributed by atoms with Gasteiger partial charge in [0.1, 0.15) is 5.69 Å². The highest BCUT2D eigenvalue weighted by Crippen LogP contribution is 2.34. The molecule has 5 rings (SSSR count). The van der Waals surface area contributed by atoms with Crippen LogP contribution in [0.4, 0.5) is 0 Å². The number of aromatic amines is 1. The van der Waals surface area contributed by atoms with Crippen LogP contribution in [0.15, 0.2) is 94.5 Å². The summed E-state index contributed by atoms with van der Waals surface area (Å²) in [4.78, 5) is 40.6. The summed E-state index contributed by atoms with van der Waals surface area (Å²) in [6.07, 6.45) is 1.45. The maximum absolute atomic E-state index is 13.3. The van der Waals surface area contributed by atoms with Gasteiger partial charge in [-0.1, -0.05) is 46.3 Å². The maximum atomic E-state index is 13.3. The molecule has 0 unspecified atom stereocenters. The molecule has 0 radical (unpaired) electrons. The summed E-state index contributed by atoms with van der Waals surface area (Å²) in [5.74, 6) is -0.799. The van der Waals surface area contributed by atoms with Gasteiger partial charge in [0, 0.05) is 27.9 Å². The molecular formula is C33H26BrN3O7. The number of nitrogens with one attached hydrogen (secondary N) is 2. The van der Waals surface area contributed by atoms with Crippen LogP contribution < -0.4 is 24.4 Å². The Morgan fingerprint density at radius 2 is 1.52 bits per heavy atom. The minimum absolute atomic E-state index is 0.165. The lowest BCUT2D eigenvalue weighted by Crippen LogP contribution is -2.18. The first-order valence-electron chi connectivity index (χ1n) is 13.2. The molecule has 1 aromatic heterocycles. The molecule has 2 N–H and O–H groups in total. The fraction of sp³-hybridized carbons (Fsp3) is 0.0909. The summed E-state index contributed by atoms with van der Waals surface area (Å²) in [5, 5.41) is 5.03. The van der Waals surface area contributed by atoms with E-state index in [-0.39, 0.29) is 28.6 Å². The molecule has 0 atom stereocenters. The van der Waals surface area contributed by atoms with Crippen molar-refractivity contribution >= 4 is 50.9 Å². The van der Waals surface area contributed by atoms with Gasteiger partial charge < -0.3 is 23.9 Å². The first kappa shape index (κ1) is 30.1. The molecule has 0 fully saturated rings. The number of H-pyrrole nitrogens is 1. The van der Waals surface area contributed by atoms with Crippen LogP contribution in [0.5, 0.6) is 23.0 Å². The van der Waals surface area contributed by atoms with Crippen LogP contribution in [-0.2, 0) is 4.79 Å². The molecule has 44 heavy (non-hydrogen) atoms. The number of benzene rings is 4. The molecule has 1 amide bonds. The molecule has 222 valence electrons. The van der Waals surface area contributed by atoms with E-state index < -0.39 is 17.8 Å². The van der Waals surface area contributed by atoms with Crippen LogP contribution in [0.25, 0.3) is 22.0 Å². The van der Waals surface area contributed by atoms with Crippen molar-refractivity contribution in [1.29, 1.82) is 0 Å². The van der Waals surface area contributed by atoms with E-state index in [9.17, 15) is 14.4 Å². The highest BCUT2D eigenvalue weighted by Gasteiger charge is 2.20. The Bertz CT molecular complexity index is 1900. The smallest absolute Gasteiger partial charge is 0.343 e. The van der Waals surface area contributed by atoms with Crippen molar-refractivity contribution in [2.75, 3.05) is 14.2 Å². The van der Waals surface area contributed by atoms with Gasteiger partial charge in [-0.15, -0.1) is 0 Å². The number of carbonyl (C=O) groups excluding carboxylic acids is 3. The molecule has 11 heteroatoms. The van der Waals surface area contributed by atoms with Crippen LogP contribution in [0, 0.1) is 0 Å². The highest BCUT2D eigenvalue weighted by atomic mass is 79.9. The standard InChI is InChI=1S/C33H26BrN3O7/c1-19(38)43-26-14-10-22(16-29(26)42-3)33(40)44-27-13-9-20(15-28(27)41-2)18-35-37-32(39)31-30(21-7-5-4-6-8-21)24-17-23(34)11-12-25(24)36-31/h4-18,36H,1-3H3,(H,37,39). The molecular weight excluding hydrogens is 630 g/mol. The fourth-order valence-electron chi connectivity index (χ4n) is 4.50. The molecule has 0 aliphatic heterocycles. The first-order chi connectivity index (χ1) is 21.3. The van der Waals surface area contributed by atoms with Gasteiger partial charge in [-0.25, -0.2) is 10.2 Å². The van der Waals surface area contributed by atoms with Crippen molar-refractivity contribution < 1.29 is 33.3 Å². The minimum Gasteiger partial charge on any atom is -0.493 e. The van der Waals surface area contributed by atoms with Crippen molar-refractivity contribution in [3.8, 4) is 34.1 Å². The molecule has 0 aliphatic rings. The monoisotopic (exact) mass is 655 g/mol. The number of aromatic nitrogens is 1. The van der Waals surface area contributed by atoms with E-state index in [1.54, 1.807) is 18.2 Å². The van der Waals surface area contributed by atoms with Gasteiger partial charge in [0.25, 0.3) is 5.91 Å². The minimum atomic E-state index is -0.677. The lowest BCUT2D eigenvalue weighted by atomic mass is 10.0. The second kappa shape index (κ2) is 13.3.